The van der Waals surface area contributed by atoms with Crippen LogP contribution in [-0.4, -0.2) is 46.4 Å². The molecule has 3 aliphatic rings. The maximum absolute atomic E-state index is 12.3. The monoisotopic (exact) mass is 312 g/mol. The zero-order valence-electron chi connectivity index (χ0n) is 14.4. The summed E-state index contributed by atoms with van der Waals surface area (Å²) < 4.78 is 10.8. The van der Waals surface area contributed by atoms with Crippen LogP contribution in [0.4, 0.5) is 9.59 Å². The van der Waals surface area contributed by atoms with E-state index in [1.54, 1.807) is 4.90 Å². The van der Waals surface area contributed by atoms with Crippen LogP contribution in [0.3, 0.4) is 0 Å². The van der Waals surface area contributed by atoms with E-state index in [4.69, 9.17) is 9.47 Å². The molecule has 6 heteroatoms. The smallest absolute Gasteiger partial charge is 0.410 e. The standard InChI is InChI=1S/C16H28N2O4/c1-15(2,3)21-13(19)17-11-8-7-10-9-12(11)18(10)14(20)22-16(4,5)6/h10-12H,7-9H2,1-6H3,(H,17,19)/t10-,11-,12-/m1/s1. The minimum Gasteiger partial charge on any atom is -0.444 e. The van der Waals surface area contributed by atoms with Gasteiger partial charge in [0.2, 0.25) is 0 Å². The number of nitrogens with zero attached hydrogens (tertiary/aromatic N) is 1. The van der Waals surface area contributed by atoms with E-state index >= 15 is 0 Å². The average Bonchev–Trinajstić information content (AvgIpc) is 2.22. The minimum atomic E-state index is -0.522. The number of alkyl carbamates (subject to hydrolysis) is 1. The van der Waals surface area contributed by atoms with Crippen molar-refractivity contribution in [1.29, 1.82) is 0 Å². The van der Waals surface area contributed by atoms with E-state index in [0.717, 1.165) is 19.3 Å². The predicted octanol–water partition coefficient (Wildman–Crippen LogP) is 3.05. The Bertz CT molecular complexity index is 446. The summed E-state index contributed by atoms with van der Waals surface area (Å²) in [5.41, 5.74) is -1.03. The second kappa shape index (κ2) is 5.63. The maximum Gasteiger partial charge on any atom is 0.410 e. The normalized spacial score (nSPS) is 27.7. The molecule has 1 saturated carbocycles. The Morgan fingerprint density at radius 2 is 1.59 bits per heavy atom. The number of ether oxygens (including phenoxy) is 2. The molecule has 6 nitrogen and oxygen atoms in total. The van der Waals surface area contributed by atoms with Crippen LogP contribution in [0.25, 0.3) is 0 Å². The average molecular weight is 312 g/mol. The summed E-state index contributed by atoms with van der Waals surface area (Å²) in [5.74, 6) is 0. The third kappa shape index (κ3) is 4.05. The Kier molecular flexibility index (Phi) is 4.33. The van der Waals surface area contributed by atoms with Gasteiger partial charge in [-0.2, -0.15) is 0 Å². The largest absolute Gasteiger partial charge is 0.444 e. The second-order valence-corrected chi connectivity index (χ2v) is 8.17. The van der Waals surface area contributed by atoms with Crippen molar-refractivity contribution in [2.24, 2.45) is 0 Å². The van der Waals surface area contributed by atoms with Crippen LogP contribution in [0, 0.1) is 0 Å². The highest BCUT2D eigenvalue weighted by molar-refractivity contribution is 5.72. The number of hydrogen-bond donors (Lipinski definition) is 1. The van der Waals surface area contributed by atoms with Crippen LogP contribution in [-0.2, 0) is 9.47 Å². The van der Waals surface area contributed by atoms with Gasteiger partial charge in [0.25, 0.3) is 0 Å². The fourth-order valence-electron chi connectivity index (χ4n) is 3.04. The summed E-state index contributed by atoms with van der Waals surface area (Å²) in [7, 11) is 0. The molecule has 1 aliphatic carbocycles. The first-order valence-electron chi connectivity index (χ1n) is 7.97. The third-order valence-corrected chi connectivity index (χ3v) is 3.85. The molecule has 2 bridgehead atoms. The van der Waals surface area contributed by atoms with E-state index in [1.807, 2.05) is 41.5 Å². The van der Waals surface area contributed by atoms with Gasteiger partial charge in [-0.05, 0) is 60.8 Å². The van der Waals surface area contributed by atoms with E-state index in [-0.39, 0.29) is 24.2 Å². The van der Waals surface area contributed by atoms with E-state index in [2.05, 4.69) is 5.32 Å². The molecule has 2 aliphatic heterocycles. The van der Waals surface area contributed by atoms with Gasteiger partial charge >= 0.3 is 12.2 Å². The van der Waals surface area contributed by atoms with Crippen LogP contribution in [0.2, 0.25) is 0 Å². The van der Waals surface area contributed by atoms with E-state index < -0.39 is 17.3 Å². The lowest BCUT2D eigenvalue weighted by molar-refractivity contribution is -0.0646. The molecule has 0 aromatic carbocycles. The van der Waals surface area contributed by atoms with Crippen molar-refractivity contribution in [3.05, 3.63) is 0 Å². The highest BCUT2D eigenvalue weighted by atomic mass is 16.6. The molecule has 2 heterocycles. The van der Waals surface area contributed by atoms with Crippen molar-refractivity contribution < 1.29 is 19.1 Å². The van der Waals surface area contributed by atoms with Gasteiger partial charge in [0.15, 0.2) is 0 Å². The molecule has 0 radical (unpaired) electrons. The van der Waals surface area contributed by atoms with Crippen molar-refractivity contribution in [3.8, 4) is 0 Å². The van der Waals surface area contributed by atoms with Crippen molar-refractivity contribution in [2.75, 3.05) is 0 Å². The summed E-state index contributed by atoms with van der Waals surface area (Å²) in [4.78, 5) is 26.0. The molecule has 126 valence electrons. The maximum atomic E-state index is 12.3. The van der Waals surface area contributed by atoms with Gasteiger partial charge in [0, 0.05) is 6.04 Å². The fraction of sp³-hybridized carbons (Fsp3) is 0.875. The van der Waals surface area contributed by atoms with Gasteiger partial charge in [-0.1, -0.05) is 0 Å². The zero-order chi connectivity index (χ0) is 16.7. The molecule has 0 aromatic heterocycles. The predicted molar refractivity (Wildman–Crippen MR) is 82.7 cm³/mol. The van der Waals surface area contributed by atoms with Gasteiger partial charge < -0.3 is 19.7 Å². The fourth-order valence-corrected chi connectivity index (χ4v) is 3.04. The molecule has 3 atom stereocenters. The van der Waals surface area contributed by atoms with Crippen LogP contribution >= 0.6 is 0 Å². The van der Waals surface area contributed by atoms with Gasteiger partial charge in [-0.3, -0.25) is 0 Å². The van der Waals surface area contributed by atoms with Gasteiger partial charge in [0.05, 0.1) is 12.1 Å². The van der Waals surface area contributed by atoms with Crippen molar-refractivity contribution >= 4 is 12.2 Å². The first-order chi connectivity index (χ1) is 9.96. The first-order valence-corrected chi connectivity index (χ1v) is 7.97. The lowest BCUT2D eigenvalue weighted by Gasteiger charge is -2.55. The number of fused-ring (bicyclic) bond motifs is 2. The van der Waals surface area contributed by atoms with Crippen molar-refractivity contribution in [3.63, 3.8) is 0 Å². The number of carbonyl (C=O) groups is 2. The number of amides is 2. The van der Waals surface area contributed by atoms with Crippen LogP contribution in [0.1, 0.15) is 60.8 Å². The Labute approximate surface area is 132 Å². The summed E-state index contributed by atoms with van der Waals surface area (Å²) in [6, 6.07) is 0.199. The Morgan fingerprint density at radius 3 is 2.09 bits per heavy atom. The highest BCUT2D eigenvalue weighted by Gasteiger charge is 2.51. The number of nitrogens with one attached hydrogen (secondary N) is 1. The molecule has 1 N–H and O–H groups in total. The van der Waals surface area contributed by atoms with E-state index in [9.17, 15) is 9.59 Å². The summed E-state index contributed by atoms with van der Waals surface area (Å²) in [6.45, 7) is 11.1. The quantitative estimate of drug-likeness (QED) is 0.808. The SMILES string of the molecule is CC(C)(C)OC(=O)N[C@@H]1CC[C@@H]2C[C@H]1N2C(=O)OC(C)(C)C. The van der Waals surface area contributed by atoms with Crippen LogP contribution in [0.15, 0.2) is 0 Å². The van der Waals surface area contributed by atoms with Gasteiger partial charge in [-0.15, -0.1) is 0 Å². The van der Waals surface area contributed by atoms with Crippen molar-refractivity contribution in [1.82, 2.24) is 10.2 Å². The first kappa shape index (κ1) is 16.9. The number of rotatable bonds is 1. The highest BCUT2D eigenvalue weighted by Crippen LogP contribution is 2.39. The second-order valence-electron chi connectivity index (χ2n) is 8.17. The molecular weight excluding hydrogens is 284 g/mol. The third-order valence-electron chi connectivity index (χ3n) is 3.85. The topological polar surface area (TPSA) is 67.9 Å². The lowest BCUT2D eigenvalue weighted by atomic mass is 9.76. The molecule has 0 spiro atoms. The number of hydrogen-bond acceptors (Lipinski definition) is 4. The molecule has 2 saturated heterocycles. The number of carbonyl (C=O) groups excluding carboxylic acids is 2. The van der Waals surface area contributed by atoms with Crippen LogP contribution < -0.4 is 5.32 Å². The van der Waals surface area contributed by atoms with E-state index in [0.29, 0.717) is 0 Å². The van der Waals surface area contributed by atoms with E-state index in [1.165, 1.54) is 0 Å². The van der Waals surface area contributed by atoms with Crippen LogP contribution in [0.5, 0.6) is 0 Å². The van der Waals surface area contributed by atoms with Gasteiger partial charge in [-0.25, -0.2) is 9.59 Å². The molecule has 0 aromatic rings. The zero-order valence-corrected chi connectivity index (χ0v) is 14.4. The van der Waals surface area contributed by atoms with Crippen molar-refractivity contribution in [2.45, 2.75) is 90.1 Å². The molecule has 3 fully saturated rings. The molecular formula is C16H28N2O4. The summed E-state index contributed by atoms with van der Waals surface area (Å²) in [6.07, 6.45) is 1.96. The Morgan fingerprint density at radius 1 is 1.00 bits per heavy atom. The number of piperidine rings is 1. The van der Waals surface area contributed by atoms with Gasteiger partial charge in [0.1, 0.15) is 11.2 Å². The Balaban J connectivity index is 1.93. The summed E-state index contributed by atoms with van der Waals surface area (Å²) >= 11 is 0. The molecule has 0 unspecified atom stereocenters. The molecule has 3 rings (SSSR count). The molecule has 2 amide bonds. The Hall–Kier alpha value is -1.46. The molecule has 22 heavy (non-hydrogen) atoms. The summed E-state index contributed by atoms with van der Waals surface area (Å²) in [5, 5.41) is 2.90. The lowest BCUT2D eigenvalue weighted by Crippen LogP contribution is -2.70. The minimum absolute atomic E-state index is 0.0149.